The molecule has 1 aliphatic heterocycles. The van der Waals surface area contributed by atoms with E-state index in [0.29, 0.717) is 31.5 Å². The van der Waals surface area contributed by atoms with Crippen LogP contribution in [0.3, 0.4) is 0 Å². The van der Waals surface area contributed by atoms with Crippen LogP contribution in [0.4, 0.5) is 4.39 Å². The Morgan fingerprint density at radius 2 is 2.04 bits per heavy atom. The minimum atomic E-state index is -0.271. The molecule has 2 heterocycles. The zero-order chi connectivity index (χ0) is 16.2. The molecule has 1 aliphatic rings. The summed E-state index contributed by atoms with van der Waals surface area (Å²) in [6.07, 6.45) is 1.70. The highest BCUT2D eigenvalue weighted by molar-refractivity contribution is 8.00. The Hall–Kier alpha value is -1.86. The van der Waals surface area contributed by atoms with Crippen LogP contribution in [-0.2, 0) is 9.53 Å². The van der Waals surface area contributed by atoms with E-state index in [-0.39, 0.29) is 17.0 Å². The van der Waals surface area contributed by atoms with Gasteiger partial charge in [-0.2, -0.15) is 0 Å². The number of thioether (sulfide) groups is 1. The number of hydrogen-bond donors (Lipinski definition) is 1. The quantitative estimate of drug-likeness (QED) is 0.873. The molecule has 1 amide bonds. The Kier molecular flexibility index (Phi) is 4.97. The largest absolute Gasteiger partial charge is 0.378 e. The number of morpholine rings is 1. The number of ether oxygens (including phenoxy) is 1. The van der Waals surface area contributed by atoms with Crippen LogP contribution >= 0.6 is 11.8 Å². The number of aromatic nitrogens is 2. The molecule has 23 heavy (non-hydrogen) atoms. The number of carbonyl (C=O) groups is 1. The monoisotopic (exact) mass is 335 g/mol. The van der Waals surface area contributed by atoms with Crippen LogP contribution in [0.25, 0.3) is 11.3 Å². The predicted molar refractivity (Wildman–Crippen MR) is 86.7 cm³/mol. The van der Waals surface area contributed by atoms with Crippen molar-refractivity contribution in [2.45, 2.75) is 17.3 Å². The highest BCUT2D eigenvalue weighted by atomic mass is 32.2. The molecule has 1 saturated heterocycles. The number of benzene rings is 1. The van der Waals surface area contributed by atoms with Gasteiger partial charge in [0.1, 0.15) is 5.82 Å². The number of amides is 1. The Balaban J connectivity index is 1.64. The van der Waals surface area contributed by atoms with Crippen LogP contribution < -0.4 is 0 Å². The van der Waals surface area contributed by atoms with Crippen LogP contribution in [0.2, 0.25) is 0 Å². The van der Waals surface area contributed by atoms with Gasteiger partial charge in [0.15, 0.2) is 5.16 Å². The first kappa shape index (κ1) is 16.0. The number of carbonyl (C=O) groups excluding carboxylic acids is 1. The van der Waals surface area contributed by atoms with Crippen LogP contribution in [0, 0.1) is 5.82 Å². The molecule has 122 valence electrons. The van der Waals surface area contributed by atoms with Crippen molar-refractivity contribution >= 4 is 17.7 Å². The normalized spacial score (nSPS) is 16.3. The van der Waals surface area contributed by atoms with Crippen molar-refractivity contribution < 1.29 is 13.9 Å². The molecule has 1 unspecified atom stereocenters. The average Bonchev–Trinajstić information content (AvgIpc) is 3.04. The lowest BCUT2D eigenvalue weighted by Gasteiger charge is -2.28. The maximum Gasteiger partial charge on any atom is 0.236 e. The number of nitrogens with one attached hydrogen (secondary N) is 1. The number of aromatic amines is 1. The smallest absolute Gasteiger partial charge is 0.236 e. The van der Waals surface area contributed by atoms with E-state index in [4.69, 9.17) is 4.74 Å². The molecule has 0 aliphatic carbocycles. The maximum absolute atomic E-state index is 13.0. The van der Waals surface area contributed by atoms with Gasteiger partial charge in [-0.05, 0) is 36.8 Å². The van der Waals surface area contributed by atoms with E-state index in [9.17, 15) is 9.18 Å². The summed E-state index contributed by atoms with van der Waals surface area (Å²) in [5.74, 6) is -0.175. The van der Waals surface area contributed by atoms with Crippen molar-refractivity contribution in [1.29, 1.82) is 0 Å². The van der Waals surface area contributed by atoms with E-state index >= 15 is 0 Å². The highest BCUT2D eigenvalue weighted by Gasteiger charge is 2.24. The second kappa shape index (κ2) is 7.14. The second-order valence-corrected chi connectivity index (χ2v) is 6.64. The molecule has 0 spiro atoms. The lowest BCUT2D eigenvalue weighted by Crippen LogP contribution is -2.44. The van der Waals surface area contributed by atoms with E-state index in [1.165, 1.54) is 23.9 Å². The summed E-state index contributed by atoms with van der Waals surface area (Å²) in [6.45, 7) is 4.35. The van der Waals surface area contributed by atoms with Crippen molar-refractivity contribution in [3.05, 3.63) is 36.3 Å². The van der Waals surface area contributed by atoms with Gasteiger partial charge in [-0.25, -0.2) is 9.37 Å². The number of halogens is 1. The molecule has 5 nitrogen and oxygen atoms in total. The third kappa shape index (κ3) is 3.92. The second-order valence-electron chi connectivity index (χ2n) is 5.31. The van der Waals surface area contributed by atoms with Crippen LogP contribution in [-0.4, -0.2) is 52.3 Å². The number of H-pyrrole nitrogens is 1. The summed E-state index contributed by atoms with van der Waals surface area (Å²) in [5, 5.41) is 0.457. The van der Waals surface area contributed by atoms with Crippen LogP contribution in [0.5, 0.6) is 0 Å². The van der Waals surface area contributed by atoms with Gasteiger partial charge < -0.3 is 14.6 Å². The lowest BCUT2D eigenvalue weighted by molar-refractivity contribution is -0.134. The van der Waals surface area contributed by atoms with E-state index in [1.54, 1.807) is 18.3 Å². The molecule has 1 aromatic heterocycles. The fraction of sp³-hybridized carbons (Fsp3) is 0.375. The first-order valence-corrected chi connectivity index (χ1v) is 8.35. The van der Waals surface area contributed by atoms with Crippen molar-refractivity contribution in [1.82, 2.24) is 14.9 Å². The van der Waals surface area contributed by atoms with Crippen molar-refractivity contribution in [2.24, 2.45) is 0 Å². The average molecular weight is 335 g/mol. The maximum atomic E-state index is 13.0. The van der Waals surface area contributed by atoms with E-state index in [1.807, 2.05) is 11.8 Å². The summed E-state index contributed by atoms with van der Waals surface area (Å²) in [6, 6.07) is 6.21. The Morgan fingerprint density at radius 1 is 1.35 bits per heavy atom. The third-order valence-electron chi connectivity index (χ3n) is 3.67. The first-order valence-electron chi connectivity index (χ1n) is 7.47. The van der Waals surface area contributed by atoms with Gasteiger partial charge in [0, 0.05) is 13.1 Å². The minimum absolute atomic E-state index is 0.0954. The lowest BCUT2D eigenvalue weighted by atomic mass is 10.2. The fourth-order valence-corrected chi connectivity index (χ4v) is 3.26. The Bertz CT molecular complexity index is 668. The molecule has 1 atom stereocenters. The molecule has 1 N–H and O–H groups in total. The van der Waals surface area contributed by atoms with Crippen molar-refractivity contribution in [3.8, 4) is 11.3 Å². The molecule has 1 fully saturated rings. The zero-order valence-corrected chi connectivity index (χ0v) is 13.6. The molecular formula is C16H18FN3O2S. The first-order chi connectivity index (χ1) is 11.1. The van der Waals surface area contributed by atoms with E-state index in [2.05, 4.69) is 9.97 Å². The van der Waals surface area contributed by atoms with Gasteiger partial charge in [-0.1, -0.05) is 11.8 Å². The summed E-state index contributed by atoms with van der Waals surface area (Å²) in [7, 11) is 0. The van der Waals surface area contributed by atoms with Gasteiger partial charge in [-0.15, -0.1) is 0 Å². The topological polar surface area (TPSA) is 58.2 Å². The predicted octanol–water partition coefficient (Wildman–Crippen LogP) is 2.56. The summed E-state index contributed by atoms with van der Waals surface area (Å²) in [5.41, 5.74) is 1.66. The summed E-state index contributed by atoms with van der Waals surface area (Å²) in [4.78, 5) is 21.7. The molecule has 2 aromatic rings. The van der Waals surface area contributed by atoms with Crippen molar-refractivity contribution in [3.63, 3.8) is 0 Å². The van der Waals surface area contributed by atoms with Crippen LogP contribution in [0.15, 0.2) is 35.6 Å². The zero-order valence-electron chi connectivity index (χ0n) is 12.8. The fourth-order valence-electron chi connectivity index (χ4n) is 2.40. The molecule has 7 heteroatoms. The van der Waals surface area contributed by atoms with Gasteiger partial charge in [0.2, 0.25) is 5.91 Å². The SMILES string of the molecule is CC(Sc1ncc(-c2ccc(F)cc2)[nH]1)C(=O)N1CCOCC1. The number of rotatable bonds is 4. The number of hydrogen-bond acceptors (Lipinski definition) is 4. The highest BCUT2D eigenvalue weighted by Crippen LogP contribution is 2.25. The molecule has 1 aromatic carbocycles. The minimum Gasteiger partial charge on any atom is -0.378 e. The number of nitrogens with zero attached hydrogens (tertiary/aromatic N) is 2. The Morgan fingerprint density at radius 3 is 2.74 bits per heavy atom. The van der Waals surface area contributed by atoms with Gasteiger partial charge in [0.05, 0.1) is 30.4 Å². The third-order valence-corrected chi connectivity index (χ3v) is 4.65. The number of imidazole rings is 1. The van der Waals surface area contributed by atoms with E-state index < -0.39 is 0 Å². The van der Waals surface area contributed by atoms with E-state index in [0.717, 1.165) is 11.3 Å². The molecular weight excluding hydrogens is 317 g/mol. The van der Waals surface area contributed by atoms with Gasteiger partial charge >= 0.3 is 0 Å². The summed E-state index contributed by atoms with van der Waals surface area (Å²) >= 11 is 1.39. The molecule has 0 bridgehead atoms. The molecule has 0 saturated carbocycles. The standard InChI is InChI=1S/C16H18FN3O2S/c1-11(15(21)20-6-8-22-9-7-20)23-16-18-10-14(19-16)12-2-4-13(17)5-3-12/h2-5,10-11H,6-9H2,1H3,(H,18,19). The Labute approximate surface area is 138 Å². The molecule has 3 rings (SSSR count). The van der Waals surface area contributed by atoms with Crippen molar-refractivity contribution in [2.75, 3.05) is 26.3 Å². The van der Waals surface area contributed by atoms with Gasteiger partial charge in [-0.3, -0.25) is 4.79 Å². The summed E-state index contributed by atoms with van der Waals surface area (Å²) < 4.78 is 18.2. The van der Waals surface area contributed by atoms with Crippen LogP contribution in [0.1, 0.15) is 6.92 Å². The van der Waals surface area contributed by atoms with Gasteiger partial charge in [0.25, 0.3) is 0 Å². The molecule has 0 radical (unpaired) electrons.